The fourth-order valence-electron chi connectivity index (χ4n) is 2.81. The molecule has 0 bridgehead atoms. The van der Waals surface area contributed by atoms with E-state index in [1.165, 1.54) is 17.0 Å². The van der Waals surface area contributed by atoms with E-state index in [4.69, 9.17) is 5.26 Å². The highest BCUT2D eigenvalue weighted by molar-refractivity contribution is 6.09. The number of para-hydroxylation sites is 1. The van der Waals surface area contributed by atoms with E-state index in [1.54, 1.807) is 0 Å². The molecule has 0 amide bonds. The molecule has 0 saturated heterocycles. The van der Waals surface area contributed by atoms with Gasteiger partial charge in [0.05, 0.1) is 11.6 Å². The molecular formula is C18H13N3. The highest BCUT2D eigenvalue weighted by Crippen LogP contribution is 2.31. The highest BCUT2D eigenvalue weighted by atomic mass is 15.0. The summed E-state index contributed by atoms with van der Waals surface area (Å²) in [7, 11) is 0. The minimum absolute atomic E-state index is 0.396. The summed E-state index contributed by atoms with van der Waals surface area (Å²) in [4.78, 5) is 0. The van der Waals surface area contributed by atoms with Crippen molar-refractivity contribution >= 4 is 27.4 Å². The first-order valence-corrected chi connectivity index (χ1v) is 6.81. The lowest BCUT2D eigenvalue weighted by Gasteiger charge is -2.03. The number of rotatable bonds is 2. The molecule has 3 nitrogen and oxygen atoms in total. The molecule has 3 aromatic rings. The van der Waals surface area contributed by atoms with Gasteiger partial charge in [-0.25, -0.2) is 0 Å². The first kappa shape index (κ1) is 13.0. The van der Waals surface area contributed by atoms with E-state index in [0.717, 1.165) is 23.0 Å². The molecule has 0 aliphatic rings. The highest BCUT2D eigenvalue weighted by Gasteiger charge is 2.10. The Kier molecular flexibility index (Phi) is 3.18. The van der Waals surface area contributed by atoms with Gasteiger partial charge < -0.3 is 4.57 Å². The summed E-state index contributed by atoms with van der Waals surface area (Å²) in [5.41, 5.74) is 3.52. The molecule has 0 spiro atoms. The fraction of sp³-hybridized carbons (Fsp3) is 0.111. The van der Waals surface area contributed by atoms with Crippen LogP contribution >= 0.6 is 0 Å². The zero-order valence-electron chi connectivity index (χ0n) is 11.7. The van der Waals surface area contributed by atoms with E-state index in [9.17, 15) is 5.26 Å². The maximum Gasteiger partial charge on any atom is 0.101 e. The molecule has 100 valence electrons. The smallest absolute Gasteiger partial charge is 0.101 e. The number of allylic oxidation sites excluding steroid dienone is 2. The van der Waals surface area contributed by atoms with Crippen molar-refractivity contribution in [2.45, 2.75) is 13.5 Å². The van der Waals surface area contributed by atoms with Crippen molar-refractivity contribution in [1.82, 2.24) is 4.57 Å². The molecule has 0 saturated carbocycles. The minimum atomic E-state index is 0.396. The second-order valence-electron chi connectivity index (χ2n) is 4.79. The number of fused-ring (bicyclic) bond motifs is 3. The third kappa shape index (κ3) is 1.96. The Morgan fingerprint density at radius 1 is 1.10 bits per heavy atom. The average molecular weight is 271 g/mol. The van der Waals surface area contributed by atoms with Crippen molar-refractivity contribution in [3.63, 3.8) is 0 Å². The molecule has 0 radical (unpaired) electrons. The number of aryl methyl sites for hydroxylation is 1. The molecule has 0 unspecified atom stereocenters. The number of hydrogen-bond donors (Lipinski definition) is 0. The molecule has 0 aliphatic heterocycles. The Balaban J connectivity index is 2.38. The Bertz CT molecular complexity index is 946. The van der Waals surface area contributed by atoms with E-state index in [2.05, 4.69) is 29.7 Å². The van der Waals surface area contributed by atoms with Gasteiger partial charge in [0.15, 0.2) is 0 Å². The van der Waals surface area contributed by atoms with Gasteiger partial charge in [0.2, 0.25) is 0 Å². The third-order valence-corrected chi connectivity index (χ3v) is 3.73. The van der Waals surface area contributed by atoms with E-state index < -0.39 is 0 Å². The first-order chi connectivity index (χ1) is 10.3. The Morgan fingerprint density at radius 2 is 1.86 bits per heavy atom. The molecule has 2 aromatic carbocycles. The van der Waals surface area contributed by atoms with Crippen LogP contribution in [-0.2, 0) is 6.54 Å². The first-order valence-electron chi connectivity index (χ1n) is 6.81. The predicted molar refractivity (Wildman–Crippen MR) is 84.3 cm³/mol. The number of hydrogen-bond acceptors (Lipinski definition) is 2. The van der Waals surface area contributed by atoms with Gasteiger partial charge in [-0.2, -0.15) is 10.5 Å². The molecular weight excluding hydrogens is 258 g/mol. The molecule has 0 aliphatic carbocycles. The molecule has 1 aromatic heterocycles. The largest absolute Gasteiger partial charge is 0.341 e. The average Bonchev–Trinajstić information content (AvgIpc) is 2.85. The second-order valence-corrected chi connectivity index (χ2v) is 4.79. The van der Waals surface area contributed by atoms with Crippen LogP contribution in [0.4, 0.5) is 0 Å². The molecule has 3 rings (SSSR count). The number of aromatic nitrogens is 1. The van der Waals surface area contributed by atoms with Crippen LogP contribution in [0.1, 0.15) is 12.5 Å². The van der Waals surface area contributed by atoms with E-state index >= 15 is 0 Å². The SMILES string of the molecule is CCn1c2ccccc2c2cc(/C(C#N)=C/C#N)ccc21. The topological polar surface area (TPSA) is 52.5 Å². The van der Waals surface area contributed by atoms with Crippen molar-refractivity contribution < 1.29 is 0 Å². The quantitative estimate of drug-likeness (QED) is 0.654. The van der Waals surface area contributed by atoms with Crippen molar-refractivity contribution in [2.75, 3.05) is 0 Å². The molecule has 1 heterocycles. The fourth-order valence-corrected chi connectivity index (χ4v) is 2.81. The molecule has 0 fully saturated rings. The summed E-state index contributed by atoms with van der Waals surface area (Å²) in [5, 5.41) is 20.2. The van der Waals surface area contributed by atoms with Crippen molar-refractivity contribution in [2.24, 2.45) is 0 Å². The minimum Gasteiger partial charge on any atom is -0.341 e. The zero-order valence-corrected chi connectivity index (χ0v) is 11.7. The van der Waals surface area contributed by atoms with Crippen molar-refractivity contribution in [1.29, 1.82) is 10.5 Å². The van der Waals surface area contributed by atoms with Gasteiger partial charge in [-0.1, -0.05) is 24.3 Å². The second kappa shape index (κ2) is 5.15. The van der Waals surface area contributed by atoms with Crippen LogP contribution in [0, 0.1) is 22.7 Å². The number of nitriles is 2. The Hall–Kier alpha value is -3.04. The van der Waals surface area contributed by atoms with Gasteiger partial charge in [-0.05, 0) is 30.7 Å². The van der Waals surface area contributed by atoms with Crippen LogP contribution < -0.4 is 0 Å². The predicted octanol–water partition coefficient (Wildman–Crippen LogP) is 4.24. The number of benzene rings is 2. The molecule has 21 heavy (non-hydrogen) atoms. The van der Waals surface area contributed by atoms with E-state index in [1.807, 2.05) is 36.4 Å². The Morgan fingerprint density at radius 3 is 2.57 bits per heavy atom. The normalized spacial score (nSPS) is 11.5. The lowest BCUT2D eigenvalue weighted by atomic mass is 10.0. The molecule has 3 heteroatoms. The van der Waals surface area contributed by atoms with E-state index in [0.29, 0.717) is 5.57 Å². The van der Waals surface area contributed by atoms with Crippen LogP contribution in [-0.4, -0.2) is 4.57 Å². The van der Waals surface area contributed by atoms with Crippen molar-refractivity contribution in [3.05, 3.63) is 54.1 Å². The summed E-state index contributed by atoms with van der Waals surface area (Å²) in [6, 6.07) is 18.2. The maximum atomic E-state index is 9.17. The summed E-state index contributed by atoms with van der Waals surface area (Å²) in [5.74, 6) is 0. The zero-order chi connectivity index (χ0) is 14.8. The van der Waals surface area contributed by atoms with Gasteiger partial charge in [-0.3, -0.25) is 0 Å². The van der Waals surface area contributed by atoms with Gasteiger partial charge in [0.1, 0.15) is 6.07 Å². The van der Waals surface area contributed by atoms with Crippen LogP contribution in [0.15, 0.2) is 48.5 Å². The van der Waals surface area contributed by atoms with Crippen LogP contribution in [0.3, 0.4) is 0 Å². The standard InChI is InChI=1S/C18H13N3/c1-2-21-17-6-4-3-5-15(17)16-11-13(7-8-18(16)21)14(12-20)9-10-19/h3-9,11H,2H2,1H3/b14-9+. The van der Waals surface area contributed by atoms with Gasteiger partial charge >= 0.3 is 0 Å². The van der Waals surface area contributed by atoms with Crippen LogP contribution in [0.5, 0.6) is 0 Å². The summed E-state index contributed by atoms with van der Waals surface area (Å²) in [6.45, 7) is 3.01. The summed E-state index contributed by atoms with van der Waals surface area (Å²) < 4.78 is 2.26. The maximum absolute atomic E-state index is 9.17. The lowest BCUT2D eigenvalue weighted by Crippen LogP contribution is -1.92. The van der Waals surface area contributed by atoms with Gasteiger partial charge in [0, 0.05) is 34.4 Å². The molecule has 0 N–H and O–H groups in total. The monoisotopic (exact) mass is 271 g/mol. The van der Waals surface area contributed by atoms with Gasteiger partial charge in [-0.15, -0.1) is 0 Å². The molecule has 0 atom stereocenters. The Labute approximate surface area is 122 Å². The van der Waals surface area contributed by atoms with E-state index in [-0.39, 0.29) is 0 Å². The third-order valence-electron chi connectivity index (χ3n) is 3.73. The van der Waals surface area contributed by atoms with Gasteiger partial charge in [0.25, 0.3) is 0 Å². The summed E-state index contributed by atoms with van der Waals surface area (Å²) >= 11 is 0. The van der Waals surface area contributed by atoms with Crippen LogP contribution in [0.2, 0.25) is 0 Å². The number of nitrogens with zero attached hydrogens (tertiary/aromatic N) is 3. The summed E-state index contributed by atoms with van der Waals surface area (Å²) in [6.07, 6.45) is 1.29. The van der Waals surface area contributed by atoms with Crippen molar-refractivity contribution in [3.8, 4) is 12.1 Å². The van der Waals surface area contributed by atoms with Crippen LogP contribution in [0.25, 0.3) is 27.4 Å². The lowest BCUT2D eigenvalue weighted by molar-refractivity contribution is 0.827.